The Morgan fingerprint density at radius 3 is 2.67 bits per heavy atom. The lowest BCUT2D eigenvalue weighted by Crippen LogP contribution is -2.43. The summed E-state index contributed by atoms with van der Waals surface area (Å²) < 4.78 is 29.1. The summed E-state index contributed by atoms with van der Waals surface area (Å²) in [6.45, 7) is 4.76. The molecule has 1 atom stereocenters. The van der Waals surface area contributed by atoms with Crippen molar-refractivity contribution < 1.29 is 18.0 Å². The van der Waals surface area contributed by atoms with Gasteiger partial charge in [0.25, 0.3) is 0 Å². The molecule has 1 saturated heterocycles. The fourth-order valence-corrected chi connectivity index (χ4v) is 7.09. The Kier molecular flexibility index (Phi) is 6.93. The van der Waals surface area contributed by atoms with E-state index in [9.17, 15) is 18.0 Å². The Hall–Kier alpha value is -2.23. The van der Waals surface area contributed by atoms with E-state index in [1.54, 1.807) is 24.0 Å². The van der Waals surface area contributed by atoms with E-state index in [-0.39, 0.29) is 23.3 Å². The topological polar surface area (TPSA) is 86.8 Å². The van der Waals surface area contributed by atoms with Crippen LogP contribution in [0.5, 0.6) is 0 Å². The van der Waals surface area contributed by atoms with Crippen molar-refractivity contribution in [2.24, 2.45) is 5.92 Å². The van der Waals surface area contributed by atoms with Crippen LogP contribution < -0.4 is 10.2 Å². The molecule has 2 aliphatic heterocycles. The molecule has 0 unspecified atom stereocenters. The first kappa shape index (κ1) is 23.9. The first-order valence-corrected chi connectivity index (χ1v) is 13.4. The molecule has 2 aromatic carbocycles. The van der Waals surface area contributed by atoms with Crippen LogP contribution in [0.4, 0.5) is 11.4 Å². The zero-order chi connectivity index (χ0) is 23.8. The minimum Gasteiger partial charge on any atom is -0.326 e. The molecule has 4 rings (SSSR count). The number of nitrogens with one attached hydrogen (secondary N) is 1. The number of para-hydroxylation sites is 1. The minimum atomic E-state index is -3.85. The predicted molar refractivity (Wildman–Crippen MR) is 132 cm³/mol. The Morgan fingerprint density at radius 1 is 1.18 bits per heavy atom. The average molecular weight is 534 g/mol. The first-order valence-electron chi connectivity index (χ1n) is 11.2. The van der Waals surface area contributed by atoms with Crippen LogP contribution >= 0.6 is 15.9 Å². The zero-order valence-electron chi connectivity index (χ0n) is 18.8. The van der Waals surface area contributed by atoms with Crippen LogP contribution in [0.15, 0.2) is 45.8 Å². The summed E-state index contributed by atoms with van der Waals surface area (Å²) in [7, 11) is -3.85. The van der Waals surface area contributed by atoms with Crippen LogP contribution in [0.2, 0.25) is 0 Å². The molecule has 1 fully saturated rings. The van der Waals surface area contributed by atoms with Crippen molar-refractivity contribution in [3.8, 4) is 0 Å². The lowest BCUT2D eigenvalue weighted by molar-refractivity contribution is -0.121. The number of anilines is 2. The number of benzene rings is 2. The molecule has 0 bridgehead atoms. The second kappa shape index (κ2) is 9.56. The van der Waals surface area contributed by atoms with Gasteiger partial charge >= 0.3 is 0 Å². The molecular weight excluding hydrogens is 506 g/mol. The van der Waals surface area contributed by atoms with Crippen LogP contribution in [0.25, 0.3) is 0 Å². The third-order valence-electron chi connectivity index (χ3n) is 6.41. The second-order valence-electron chi connectivity index (χ2n) is 8.57. The van der Waals surface area contributed by atoms with E-state index in [1.165, 1.54) is 4.31 Å². The van der Waals surface area contributed by atoms with E-state index in [1.807, 2.05) is 31.2 Å². The molecule has 2 aliphatic rings. The highest BCUT2D eigenvalue weighted by molar-refractivity contribution is 9.10. The van der Waals surface area contributed by atoms with Crippen LogP contribution in [-0.2, 0) is 26.0 Å². The van der Waals surface area contributed by atoms with Crippen LogP contribution in [-0.4, -0.2) is 44.2 Å². The molecule has 33 heavy (non-hydrogen) atoms. The van der Waals surface area contributed by atoms with E-state index >= 15 is 0 Å². The number of halogens is 1. The summed E-state index contributed by atoms with van der Waals surface area (Å²) in [4.78, 5) is 27.0. The van der Waals surface area contributed by atoms with E-state index in [0.29, 0.717) is 48.9 Å². The number of aryl methyl sites for hydroxylation is 1. The number of fused-ring (bicyclic) bond motifs is 1. The van der Waals surface area contributed by atoms with Crippen molar-refractivity contribution in [1.82, 2.24) is 4.31 Å². The minimum absolute atomic E-state index is 0.0228. The average Bonchev–Trinajstić information content (AvgIpc) is 3.22. The summed E-state index contributed by atoms with van der Waals surface area (Å²) in [5, 5.41) is 2.95. The number of sulfonamides is 1. The summed E-state index contributed by atoms with van der Waals surface area (Å²) in [6, 6.07) is 10.9. The van der Waals surface area contributed by atoms with Crippen molar-refractivity contribution in [2.75, 3.05) is 29.9 Å². The molecule has 2 heterocycles. The quantitative estimate of drug-likeness (QED) is 0.626. The third-order valence-corrected chi connectivity index (χ3v) is 9.23. The molecule has 2 amide bonds. The van der Waals surface area contributed by atoms with E-state index in [4.69, 9.17) is 0 Å². The fourth-order valence-electron chi connectivity index (χ4n) is 4.50. The van der Waals surface area contributed by atoms with Crippen LogP contribution in [0, 0.1) is 12.8 Å². The molecule has 0 radical (unpaired) electrons. The van der Waals surface area contributed by atoms with Gasteiger partial charge in [-0.25, -0.2) is 8.42 Å². The van der Waals surface area contributed by atoms with Gasteiger partial charge in [0, 0.05) is 41.9 Å². The Balaban J connectivity index is 1.57. The third kappa shape index (κ3) is 4.72. The van der Waals surface area contributed by atoms with Crippen LogP contribution in [0.1, 0.15) is 37.3 Å². The van der Waals surface area contributed by atoms with Crippen molar-refractivity contribution in [3.63, 3.8) is 0 Å². The molecule has 9 heteroatoms. The Morgan fingerprint density at radius 2 is 1.94 bits per heavy atom. The Labute approximate surface area is 203 Å². The summed E-state index contributed by atoms with van der Waals surface area (Å²) in [5.41, 5.74) is 3.31. The number of piperidine rings is 1. The number of rotatable bonds is 5. The molecule has 2 aromatic rings. The van der Waals surface area contributed by atoms with Gasteiger partial charge in [0.2, 0.25) is 21.8 Å². The standard InChI is InChI=1S/C24H28BrN3O4S/c1-3-23(29)28-12-10-17-13-19(25)22(14-21(17)28)33(31,32)27-11-6-8-18(15-27)24(30)26-20-9-5-4-7-16(20)2/h4-5,7,9,13-14,18H,3,6,8,10-12,15H2,1-2H3,(H,26,30)/t18-/m0/s1. The zero-order valence-corrected chi connectivity index (χ0v) is 21.2. The molecule has 0 spiro atoms. The van der Waals surface area contributed by atoms with Gasteiger partial charge in [0.15, 0.2) is 0 Å². The molecule has 0 aliphatic carbocycles. The van der Waals surface area contributed by atoms with Crippen molar-refractivity contribution in [2.45, 2.75) is 44.4 Å². The van der Waals surface area contributed by atoms with Gasteiger partial charge < -0.3 is 10.2 Å². The van der Waals surface area contributed by atoms with Gasteiger partial charge in [-0.05, 0) is 71.4 Å². The summed E-state index contributed by atoms with van der Waals surface area (Å²) in [5.74, 6) is -0.623. The van der Waals surface area contributed by atoms with Gasteiger partial charge in [0.05, 0.1) is 10.8 Å². The van der Waals surface area contributed by atoms with Gasteiger partial charge in [-0.2, -0.15) is 4.31 Å². The van der Waals surface area contributed by atoms with Gasteiger partial charge in [-0.1, -0.05) is 25.1 Å². The molecule has 7 nitrogen and oxygen atoms in total. The van der Waals surface area contributed by atoms with Crippen molar-refractivity contribution in [3.05, 3.63) is 52.0 Å². The number of amides is 2. The molecule has 176 valence electrons. The number of hydrogen-bond acceptors (Lipinski definition) is 4. The summed E-state index contributed by atoms with van der Waals surface area (Å²) >= 11 is 3.43. The van der Waals surface area contributed by atoms with Crippen molar-refractivity contribution >= 4 is 49.1 Å². The van der Waals surface area contributed by atoms with Crippen molar-refractivity contribution in [1.29, 1.82) is 0 Å². The largest absolute Gasteiger partial charge is 0.326 e. The smallest absolute Gasteiger partial charge is 0.244 e. The number of carbonyl (C=O) groups excluding carboxylic acids is 2. The SMILES string of the molecule is CCC(=O)N1CCc2cc(Br)c(S(=O)(=O)N3CCC[C@H](C(=O)Nc4ccccc4C)C3)cc21. The number of hydrogen-bond donors (Lipinski definition) is 1. The fraction of sp³-hybridized carbons (Fsp3) is 0.417. The maximum absolute atomic E-state index is 13.6. The van der Waals surface area contributed by atoms with E-state index in [0.717, 1.165) is 16.8 Å². The van der Waals surface area contributed by atoms with E-state index in [2.05, 4.69) is 21.2 Å². The molecule has 0 aromatic heterocycles. The highest BCUT2D eigenvalue weighted by Gasteiger charge is 2.36. The lowest BCUT2D eigenvalue weighted by atomic mass is 9.98. The normalized spacial score (nSPS) is 18.8. The number of nitrogens with zero attached hydrogens (tertiary/aromatic N) is 2. The molecule has 0 saturated carbocycles. The van der Waals surface area contributed by atoms with Gasteiger partial charge in [0.1, 0.15) is 0 Å². The summed E-state index contributed by atoms with van der Waals surface area (Å²) in [6.07, 6.45) is 2.30. The predicted octanol–water partition coefficient (Wildman–Crippen LogP) is 4.10. The van der Waals surface area contributed by atoms with E-state index < -0.39 is 15.9 Å². The molecule has 1 N–H and O–H groups in total. The highest BCUT2D eigenvalue weighted by Crippen LogP contribution is 2.37. The highest BCUT2D eigenvalue weighted by atomic mass is 79.9. The maximum Gasteiger partial charge on any atom is 0.244 e. The lowest BCUT2D eigenvalue weighted by Gasteiger charge is -2.31. The Bertz CT molecular complexity index is 1200. The van der Waals surface area contributed by atoms with Crippen LogP contribution in [0.3, 0.4) is 0 Å². The van der Waals surface area contributed by atoms with Gasteiger partial charge in [-0.3, -0.25) is 9.59 Å². The number of carbonyl (C=O) groups is 2. The monoisotopic (exact) mass is 533 g/mol. The van der Waals surface area contributed by atoms with Gasteiger partial charge in [-0.15, -0.1) is 0 Å². The maximum atomic E-state index is 13.6. The molecular formula is C24H28BrN3O4S. The first-order chi connectivity index (χ1) is 15.7. The second-order valence-corrected chi connectivity index (χ2v) is 11.3.